The zero-order valence-electron chi connectivity index (χ0n) is 17.0. The van der Waals surface area contributed by atoms with Gasteiger partial charge < -0.3 is 19.8 Å². The minimum absolute atomic E-state index is 0. The van der Waals surface area contributed by atoms with Crippen LogP contribution in [-0.2, 0) is 6.54 Å². The molecule has 0 aliphatic carbocycles. The van der Waals surface area contributed by atoms with Gasteiger partial charge in [-0.3, -0.25) is 4.90 Å². The van der Waals surface area contributed by atoms with Gasteiger partial charge in [0.2, 0.25) is 0 Å². The molecule has 0 saturated carbocycles. The number of likely N-dealkylation sites (tertiary alicyclic amines) is 1. The van der Waals surface area contributed by atoms with Crippen molar-refractivity contribution in [3.63, 3.8) is 0 Å². The summed E-state index contributed by atoms with van der Waals surface area (Å²) in [5, 5.41) is 6.66. The number of ether oxygens (including phenoxy) is 1. The van der Waals surface area contributed by atoms with E-state index < -0.39 is 0 Å². The number of benzene rings is 1. The molecule has 0 spiro atoms. The second-order valence-electron chi connectivity index (χ2n) is 6.82. The summed E-state index contributed by atoms with van der Waals surface area (Å²) in [6, 6.07) is 9.03. The van der Waals surface area contributed by atoms with E-state index in [0.717, 1.165) is 31.0 Å². The molecule has 1 aliphatic rings. The van der Waals surface area contributed by atoms with Crippen LogP contribution in [0.15, 0.2) is 46.0 Å². The molecule has 1 saturated heterocycles. The lowest BCUT2D eigenvalue weighted by Gasteiger charge is -2.26. The Labute approximate surface area is 188 Å². The van der Waals surface area contributed by atoms with Crippen molar-refractivity contribution in [2.24, 2.45) is 4.99 Å². The lowest BCUT2D eigenvalue weighted by Crippen LogP contribution is -2.42. The average molecular weight is 516 g/mol. The second kappa shape index (κ2) is 12.0. The first-order valence-corrected chi connectivity index (χ1v) is 9.83. The summed E-state index contributed by atoms with van der Waals surface area (Å²) in [7, 11) is 1.46. The topological polar surface area (TPSA) is 62.0 Å². The van der Waals surface area contributed by atoms with Crippen LogP contribution in [0.2, 0.25) is 0 Å². The van der Waals surface area contributed by atoms with Crippen molar-refractivity contribution in [1.82, 2.24) is 15.5 Å². The summed E-state index contributed by atoms with van der Waals surface area (Å²) in [4.78, 5) is 7.04. The number of nitrogens with one attached hydrogen (secondary N) is 2. The van der Waals surface area contributed by atoms with Gasteiger partial charge in [-0.15, -0.1) is 24.0 Å². The molecule has 1 fully saturated rings. The van der Waals surface area contributed by atoms with E-state index in [1.807, 2.05) is 25.1 Å². The van der Waals surface area contributed by atoms with Crippen molar-refractivity contribution in [3.8, 4) is 5.75 Å². The molecule has 0 amide bonds. The van der Waals surface area contributed by atoms with Gasteiger partial charge in [0.25, 0.3) is 0 Å². The van der Waals surface area contributed by atoms with E-state index in [1.165, 1.54) is 26.0 Å². The number of halogens is 2. The van der Waals surface area contributed by atoms with Gasteiger partial charge in [0.1, 0.15) is 5.76 Å². The van der Waals surface area contributed by atoms with Gasteiger partial charge in [-0.1, -0.05) is 6.07 Å². The highest BCUT2D eigenvalue weighted by molar-refractivity contribution is 14.0. The Morgan fingerprint density at radius 2 is 2.07 bits per heavy atom. The summed E-state index contributed by atoms with van der Waals surface area (Å²) < 4.78 is 24.5. The average Bonchev–Trinajstić information content (AvgIpc) is 3.41. The zero-order valence-corrected chi connectivity index (χ0v) is 19.3. The molecular formula is C21H30FIN4O2. The third kappa shape index (κ3) is 6.60. The van der Waals surface area contributed by atoms with Crippen molar-refractivity contribution in [2.75, 3.05) is 33.3 Å². The molecule has 1 atom stereocenters. The Bertz CT molecular complexity index is 764. The largest absolute Gasteiger partial charge is 0.494 e. The molecule has 2 aromatic rings. The fourth-order valence-corrected chi connectivity index (χ4v) is 3.46. The standard InChI is InChI=1S/C21H29FN4O2.HI/c1-3-23-21(24-14-16-8-9-19(27-2)17(22)13-16)25-15-18(20-7-6-12-28-20)26-10-4-5-11-26;/h6-9,12-13,18H,3-5,10-11,14-15H2,1-2H3,(H2,23,24,25);1H. The molecule has 2 N–H and O–H groups in total. The first kappa shape index (κ1) is 23.5. The fraction of sp³-hybridized carbons (Fsp3) is 0.476. The minimum Gasteiger partial charge on any atom is -0.494 e. The molecule has 0 radical (unpaired) electrons. The van der Waals surface area contributed by atoms with Crippen LogP contribution in [0.1, 0.15) is 37.1 Å². The quantitative estimate of drug-likeness (QED) is 0.316. The van der Waals surface area contributed by atoms with E-state index in [1.54, 1.807) is 12.3 Å². The lowest BCUT2D eigenvalue weighted by atomic mass is 10.2. The summed E-state index contributed by atoms with van der Waals surface area (Å²) in [5.74, 6) is 1.53. The van der Waals surface area contributed by atoms with E-state index in [-0.39, 0.29) is 41.6 Å². The van der Waals surface area contributed by atoms with E-state index >= 15 is 0 Å². The SMILES string of the molecule is CCNC(=NCc1ccc(OC)c(F)c1)NCC(c1ccco1)N1CCCC1.I. The number of rotatable bonds is 8. The minimum atomic E-state index is -0.375. The Morgan fingerprint density at radius 1 is 1.28 bits per heavy atom. The molecule has 1 unspecified atom stereocenters. The zero-order chi connectivity index (χ0) is 19.8. The maximum atomic E-state index is 13.9. The van der Waals surface area contributed by atoms with Crippen molar-refractivity contribution < 1.29 is 13.5 Å². The van der Waals surface area contributed by atoms with E-state index in [4.69, 9.17) is 9.15 Å². The number of guanidine groups is 1. The van der Waals surface area contributed by atoms with Gasteiger partial charge in [0.05, 0.1) is 26.0 Å². The number of aliphatic imine (C=N–C) groups is 1. The number of methoxy groups -OCH3 is 1. The van der Waals surface area contributed by atoms with Gasteiger partial charge in [0, 0.05) is 13.1 Å². The molecule has 0 bridgehead atoms. The van der Waals surface area contributed by atoms with Crippen LogP contribution in [0.4, 0.5) is 4.39 Å². The van der Waals surface area contributed by atoms with Crippen molar-refractivity contribution in [1.29, 1.82) is 0 Å². The monoisotopic (exact) mass is 516 g/mol. The molecule has 1 aliphatic heterocycles. The molecule has 3 rings (SSSR count). The molecule has 29 heavy (non-hydrogen) atoms. The van der Waals surface area contributed by atoms with E-state index in [2.05, 4.69) is 20.5 Å². The molecule has 1 aromatic heterocycles. The normalized spacial score (nSPS) is 15.6. The molecule has 160 valence electrons. The van der Waals surface area contributed by atoms with Crippen LogP contribution in [0, 0.1) is 5.82 Å². The third-order valence-corrected chi connectivity index (χ3v) is 4.90. The van der Waals surface area contributed by atoms with E-state index in [9.17, 15) is 4.39 Å². The number of hydrogen-bond acceptors (Lipinski definition) is 4. The highest BCUT2D eigenvalue weighted by Gasteiger charge is 2.25. The van der Waals surface area contributed by atoms with E-state index in [0.29, 0.717) is 19.0 Å². The van der Waals surface area contributed by atoms with Gasteiger partial charge in [-0.25, -0.2) is 9.38 Å². The summed E-state index contributed by atoms with van der Waals surface area (Å²) in [5.41, 5.74) is 0.789. The number of hydrogen-bond donors (Lipinski definition) is 2. The third-order valence-electron chi connectivity index (χ3n) is 4.90. The second-order valence-corrected chi connectivity index (χ2v) is 6.82. The Kier molecular flexibility index (Phi) is 9.72. The maximum Gasteiger partial charge on any atom is 0.191 e. The van der Waals surface area contributed by atoms with Crippen LogP contribution in [0.25, 0.3) is 0 Å². The Balaban J connectivity index is 0.00000300. The van der Waals surface area contributed by atoms with Gasteiger partial charge in [-0.05, 0) is 62.7 Å². The molecule has 1 aromatic carbocycles. The van der Waals surface area contributed by atoms with Crippen molar-refractivity contribution in [2.45, 2.75) is 32.4 Å². The smallest absolute Gasteiger partial charge is 0.191 e. The fourth-order valence-electron chi connectivity index (χ4n) is 3.46. The maximum absolute atomic E-state index is 13.9. The van der Waals surface area contributed by atoms with Crippen LogP contribution < -0.4 is 15.4 Å². The van der Waals surface area contributed by atoms with Crippen LogP contribution in [0.3, 0.4) is 0 Å². The Morgan fingerprint density at radius 3 is 2.69 bits per heavy atom. The first-order chi connectivity index (χ1) is 13.7. The summed E-state index contributed by atoms with van der Waals surface area (Å²) in [6.45, 7) is 5.99. The van der Waals surface area contributed by atoms with Gasteiger partial charge in [-0.2, -0.15) is 0 Å². The molecular weight excluding hydrogens is 486 g/mol. The first-order valence-electron chi connectivity index (χ1n) is 9.83. The summed E-state index contributed by atoms with van der Waals surface area (Å²) in [6.07, 6.45) is 4.15. The van der Waals surface area contributed by atoms with Crippen LogP contribution >= 0.6 is 24.0 Å². The van der Waals surface area contributed by atoms with Crippen LogP contribution in [-0.4, -0.2) is 44.1 Å². The predicted molar refractivity (Wildman–Crippen MR) is 123 cm³/mol. The van der Waals surface area contributed by atoms with Crippen molar-refractivity contribution >= 4 is 29.9 Å². The highest BCUT2D eigenvalue weighted by Crippen LogP contribution is 2.25. The van der Waals surface area contributed by atoms with Gasteiger partial charge in [0.15, 0.2) is 17.5 Å². The number of nitrogens with zero attached hydrogens (tertiary/aromatic N) is 2. The number of furan rings is 1. The highest BCUT2D eigenvalue weighted by atomic mass is 127. The predicted octanol–water partition coefficient (Wildman–Crippen LogP) is 3.94. The molecule has 8 heteroatoms. The van der Waals surface area contributed by atoms with Gasteiger partial charge >= 0.3 is 0 Å². The molecule has 2 heterocycles. The molecule has 6 nitrogen and oxygen atoms in total. The van der Waals surface area contributed by atoms with Crippen molar-refractivity contribution in [3.05, 3.63) is 53.7 Å². The van der Waals surface area contributed by atoms with Crippen LogP contribution in [0.5, 0.6) is 5.75 Å². The Hall–Kier alpha value is -1.81. The lowest BCUT2D eigenvalue weighted by molar-refractivity contribution is 0.215. The summed E-state index contributed by atoms with van der Waals surface area (Å²) >= 11 is 0.